The van der Waals surface area contributed by atoms with Crippen LogP contribution in [-0.4, -0.2) is 24.6 Å². The molecule has 0 bridgehead atoms. The molecule has 0 aliphatic heterocycles. The lowest BCUT2D eigenvalue weighted by Crippen LogP contribution is -2.05. The topological polar surface area (TPSA) is 31.2 Å². The lowest BCUT2D eigenvalue weighted by atomic mass is 10.1. The molecule has 0 aliphatic rings. The molecular weight excluding hydrogens is 190 g/mol. The van der Waals surface area contributed by atoms with Crippen LogP contribution in [0, 0.1) is 20.8 Å². The van der Waals surface area contributed by atoms with Gasteiger partial charge in [0.15, 0.2) is 6.29 Å². The van der Waals surface area contributed by atoms with Gasteiger partial charge in [-0.15, -0.1) is 0 Å². The van der Waals surface area contributed by atoms with Crippen LogP contribution in [0.25, 0.3) is 0 Å². The second-order valence-corrected chi connectivity index (χ2v) is 3.83. The van der Waals surface area contributed by atoms with Crippen molar-refractivity contribution >= 4 is 6.29 Å². The van der Waals surface area contributed by atoms with E-state index < -0.39 is 0 Å². The number of carbonyl (C=O) groups excluding carboxylic acids is 1. The summed E-state index contributed by atoms with van der Waals surface area (Å²) in [5, 5.41) is 0. The molecule has 15 heavy (non-hydrogen) atoms. The minimum absolute atomic E-state index is 0.756. The van der Waals surface area contributed by atoms with Crippen molar-refractivity contribution in [3.63, 3.8) is 0 Å². The predicted molar refractivity (Wildman–Crippen MR) is 60.5 cm³/mol. The molecule has 1 aromatic heterocycles. The summed E-state index contributed by atoms with van der Waals surface area (Å²) < 4.78 is 7.22. The smallest absolute Gasteiger partial charge is 0.152 e. The van der Waals surface area contributed by atoms with Gasteiger partial charge in [-0.25, -0.2) is 0 Å². The van der Waals surface area contributed by atoms with Crippen molar-refractivity contribution in [2.75, 3.05) is 13.7 Å². The molecule has 0 fully saturated rings. The van der Waals surface area contributed by atoms with Gasteiger partial charge in [-0.3, -0.25) is 4.79 Å². The number of methoxy groups -OCH3 is 1. The molecule has 1 heterocycles. The van der Waals surface area contributed by atoms with Crippen molar-refractivity contribution < 1.29 is 9.53 Å². The van der Waals surface area contributed by atoms with E-state index in [1.165, 1.54) is 5.69 Å². The highest BCUT2D eigenvalue weighted by Gasteiger charge is 2.12. The van der Waals surface area contributed by atoms with E-state index in [4.69, 9.17) is 4.74 Å². The minimum Gasteiger partial charge on any atom is -0.385 e. The molecule has 0 spiro atoms. The second kappa shape index (κ2) is 5.12. The van der Waals surface area contributed by atoms with Gasteiger partial charge in [0.2, 0.25) is 0 Å². The van der Waals surface area contributed by atoms with Crippen LogP contribution in [0.15, 0.2) is 0 Å². The maximum Gasteiger partial charge on any atom is 0.152 e. The monoisotopic (exact) mass is 209 g/mol. The van der Waals surface area contributed by atoms with E-state index in [1.54, 1.807) is 7.11 Å². The Labute approximate surface area is 91.0 Å². The first kappa shape index (κ1) is 12.0. The number of rotatable bonds is 5. The summed E-state index contributed by atoms with van der Waals surface area (Å²) in [6.45, 7) is 7.73. The number of nitrogens with zero attached hydrogens (tertiary/aromatic N) is 1. The molecule has 0 aliphatic carbocycles. The molecule has 0 amide bonds. The standard InChI is InChI=1S/C12H19NO2/c1-9-10(2)13(6-5-7-15-4)11(3)12(9)8-14/h8H,5-7H2,1-4H3. The van der Waals surface area contributed by atoms with Crippen LogP contribution >= 0.6 is 0 Å². The lowest BCUT2D eigenvalue weighted by Gasteiger charge is -2.08. The average Bonchev–Trinajstić information content (AvgIpc) is 2.42. The summed E-state index contributed by atoms with van der Waals surface area (Å²) in [6.07, 6.45) is 1.93. The Balaban J connectivity index is 2.92. The van der Waals surface area contributed by atoms with Crippen molar-refractivity contribution in [1.29, 1.82) is 0 Å². The molecule has 1 aromatic rings. The zero-order chi connectivity index (χ0) is 11.4. The van der Waals surface area contributed by atoms with Gasteiger partial charge in [-0.2, -0.15) is 0 Å². The van der Waals surface area contributed by atoms with E-state index >= 15 is 0 Å². The van der Waals surface area contributed by atoms with Crippen molar-refractivity contribution in [2.24, 2.45) is 0 Å². The number of aromatic nitrogens is 1. The van der Waals surface area contributed by atoms with Gasteiger partial charge in [-0.05, 0) is 32.8 Å². The van der Waals surface area contributed by atoms with Gasteiger partial charge in [0.25, 0.3) is 0 Å². The van der Waals surface area contributed by atoms with Gasteiger partial charge in [0.05, 0.1) is 0 Å². The number of ether oxygens (including phenoxy) is 1. The molecule has 1 rings (SSSR count). The van der Waals surface area contributed by atoms with Crippen LogP contribution in [0.3, 0.4) is 0 Å². The van der Waals surface area contributed by atoms with Crippen LogP contribution in [-0.2, 0) is 11.3 Å². The Morgan fingerprint density at radius 1 is 1.27 bits per heavy atom. The van der Waals surface area contributed by atoms with E-state index in [0.717, 1.165) is 42.7 Å². The first-order valence-electron chi connectivity index (χ1n) is 5.23. The summed E-state index contributed by atoms with van der Waals surface area (Å²) in [7, 11) is 1.71. The van der Waals surface area contributed by atoms with Crippen LogP contribution in [0.5, 0.6) is 0 Å². The molecule has 0 atom stereocenters. The zero-order valence-corrected chi connectivity index (χ0v) is 9.96. The highest BCUT2D eigenvalue weighted by molar-refractivity contribution is 5.79. The van der Waals surface area contributed by atoms with E-state index in [-0.39, 0.29) is 0 Å². The summed E-state index contributed by atoms with van der Waals surface area (Å²) in [4.78, 5) is 10.9. The van der Waals surface area contributed by atoms with E-state index in [2.05, 4.69) is 11.5 Å². The Hall–Kier alpha value is -1.09. The molecule has 0 saturated heterocycles. The highest BCUT2D eigenvalue weighted by Crippen LogP contribution is 2.19. The molecule has 0 radical (unpaired) electrons. The average molecular weight is 209 g/mol. The van der Waals surface area contributed by atoms with Crippen LogP contribution in [0.2, 0.25) is 0 Å². The van der Waals surface area contributed by atoms with Gasteiger partial charge < -0.3 is 9.30 Å². The van der Waals surface area contributed by atoms with E-state index in [1.807, 2.05) is 13.8 Å². The van der Waals surface area contributed by atoms with E-state index in [9.17, 15) is 4.79 Å². The van der Waals surface area contributed by atoms with Gasteiger partial charge >= 0.3 is 0 Å². The minimum atomic E-state index is 0.756. The molecule has 3 nitrogen and oxygen atoms in total. The third-order valence-electron chi connectivity index (χ3n) is 2.99. The summed E-state index contributed by atoms with van der Waals surface area (Å²) in [6, 6.07) is 0. The molecule has 0 unspecified atom stereocenters. The third-order valence-corrected chi connectivity index (χ3v) is 2.99. The Morgan fingerprint density at radius 2 is 1.93 bits per heavy atom. The zero-order valence-electron chi connectivity index (χ0n) is 9.96. The van der Waals surface area contributed by atoms with Gasteiger partial charge in [0, 0.05) is 37.2 Å². The maximum absolute atomic E-state index is 10.9. The van der Waals surface area contributed by atoms with E-state index in [0.29, 0.717) is 0 Å². The second-order valence-electron chi connectivity index (χ2n) is 3.83. The largest absolute Gasteiger partial charge is 0.385 e. The van der Waals surface area contributed by atoms with Crippen LogP contribution in [0.4, 0.5) is 0 Å². The predicted octanol–water partition coefficient (Wildman–Crippen LogP) is 2.26. The Bertz CT molecular complexity index is 353. The van der Waals surface area contributed by atoms with Crippen molar-refractivity contribution in [3.8, 4) is 0 Å². The molecular formula is C12H19NO2. The molecule has 0 aromatic carbocycles. The van der Waals surface area contributed by atoms with Crippen molar-refractivity contribution in [2.45, 2.75) is 33.7 Å². The quantitative estimate of drug-likeness (QED) is 0.550. The number of hydrogen-bond donors (Lipinski definition) is 0. The van der Waals surface area contributed by atoms with Gasteiger partial charge in [0.1, 0.15) is 0 Å². The summed E-state index contributed by atoms with van der Waals surface area (Å²) in [5.74, 6) is 0. The third kappa shape index (κ3) is 2.29. The lowest BCUT2D eigenvalue weighted by molar-refractivity contribution is 0.112. The Kier molecular flexibility index (Phi) is 4.09. The maximum atomic E-state index is 10.9. The van der Waals surface area contributed by atoms with Crippen LogP contribution < -0.4 is 0 Å². The fourth-order valence-corrected chi connectivity index (χ4v) is 1.94. The number of hydrogen-bond acceptors (Lipinski definition) is 2. The van der Waals surface area contributed by atoms with Crippen LogP contribution in [0.1, 0.15) is 33.7 Å². The Morgan fingerprint density at radius 3 is 2.40 bits per heavy atom. The summed E-state index contributed by atoms with van der Waals surface area (Å²) >= 11 is 0. The van der Waals surface area contributed by atoms with Crippen molar-refractivity contribution in [3.05, 3.63) is 22.5 Å². The fraction of sp³-hybridized carbons (Fsp3) is 0.583. The van der Waals surface area contributed by atoms with Gasteiger partial charge in [-0.1, -0.05) is 0 Å². The first-order valence-corrected chi connectivity index (χ1v) is 5.23. The highest BCUT2D eigenvalue weighted by atomic mass is 16.5. The fourth-order valence-electron chi connectivity index (χ4n) is 1.94. The molecule has 0 N–H and O–H groups in total. The normalized spacial score (nSPS) is 10.7. The summed E-state index contributed by atoms with van der Waals surface area (Å²) in [5.41, 5.74) is 4.19. The number of carbonyl (C=O) groups is 1. The first-order chi connectivity index (χ1) is 7.13. The molecule has 0 saturated carbocycles. The van der Waals surface area contributed by atoms with Crippen molar-refractivity contribution in [1.82, 2.24) is 4.57 Å². The molecule has 3 heteroatoms. The number of aldehydes is 1. The molecule has 84 valence electrons. The SMILES string of the molecule is COCCCn1c(C)c(C)c(C=O)c1C.